The summed E-state index contributed by atoms with van der Waals surface area (Å²) < 4.78 is 162. The summed E-state index contributed by atoms with van der Waals surface area (Å²) in [5.41, 5.74) is 0. The van der Waals surface area contributed by atoms with Crippen LogP contribution in [0.2, 0.25) is 0 Å². The standard InChI is InChI=1S/C6F12OS/c7-1(8)2(9,10)4(13,14)6(17,18)20(19)5(15,16)3(1,11)12. The molecule has 0 aromatic heterocycles. The van der Waals surface area contributed by atoms with Gasteiger partial charge in [0.2, 0.25) is 0 Å². The van der Waals surface area contributed by atoms with E-state index in [4.69, 9.17) is 0 Å². The van der Waals surface area contributed by atoms with E-state index in [1.165, 1.54) is 0 Å². The predicted octanol–water partition coefficient (Wildman–Crippen LogP) is 3.48. The van der Waals surface area contributed by atoms with Gasteiger partial charge < -0.3 is 4.55 Å². The van der Waals surface area contributed by atoms with E-state index in [-0.39, 0.29) is 0 Å². The molecular weight excluding hydrogens is 348 g/mol. The van der Waals surface area contributed by atoms with Crippen molar-refractivity contribution in [2.75, 3.05) is 0 Å². The van der Waals surface area contributed by atoms with Crippen molar-refractivity contribution < 1.29 is 57.2 Å². The van der Waals surface area contributed by atoms with Crippen molar-refractivity contribution in [3.63, 3.8) is 0 Å². The molecule has 1 aliphatic heterocycles. The van der Waals surface area contributed by atoms with Gasteiger partial charge in [0.1, 0.15) is 11.2 Å². The monoisotopic (exact) mass is 348 g/mol. The Bertz CT molecular complexity index is 378. The van der Waals surface area contributed by atoms with Crippen LogP contribution in [0, 0.1) is 0 Å². The van der Waals surface area contributed by atoms with Gasteiger partial charge in [0.15, 0.2) is 0 Å². The van der Waals surface area contributed by atoms with Crippen molar-refractivity contribution in [1.29, 1.82) is 0 Å². The number of hydrogen-bond acceptors (Lipinski definition) is 1. The first kappa shape index (κ1) is 17.5. The molecule has 0 amide bonds. The normalized spacial score (nSPS) is 33.5. The molecule has 0 unspecified atom stereocenters. The molecule has 0 atom stereocenters. The molecule has 0 aromatic rings. The number of rotatable bonds is 0. The molecule has 20 heavy (non-hydrogen) atoms. The molecule has 120 valence electrons. The smallest absolute Gasteiger partial charge is 0.483 e. The first-order valence-corrected chi connectivity index (χ1v) is 5.24. The number of hydrogen-bond donors (Lipinski definition) is 0. The zero-order valence-corrected chi connectivity index (χ0v) is 9.17. The second kappa shape index (κ2) is 3.81. The molecule has 0 N–H and O–H groups in total. The number of halogens is 12. The fraction of sp³-hybridized carbons (Fsp3) is 1.00. The van der Waals surface area contributed by atoms with Crippen molar-refractivity contribution in [2.45, 2.75) is 34.2 Å². The summed E-state index contributed by atoms with van der Waals surface area (Å²) in [5, 5.41) is -14.0. The minimum Gasteiger partial charge on any atom is -0.607 e. The molecule has 0 radical (unpaired) electrons. The summed E-state index contributed by atoms with van der Waals surface area (Å²) in [6.07, 6.45) is 0. The average Bonchev–Trinajstić information content (AvgIpc) is 2.25. The third-order valence-electron chi connectivity index (χ3n) is 2.38. The van der Waals surface area contributed by atoms with Crippen LogP contribution in [0.5, 0.6) is 0 Å². The topological polar surface area (TPSA) is 23.1 Å². The number of alkyl halides is 12. The second-order valence-corrected chi connectivity index (χ2v) is 5.16. The molecule has 0 bridgehead atoms. The van der Waals surface area contributed by atoms with E-state index in [9.17, 15) is 57.2 Å². The maximum atomic E-state index is 12.6. The minimum atomic E-state index is -7.58. The highest BCUT2D eigenvalue weighted by molar-refractivity contribution is 7.93. The Morgan fingerprint density at radius 3 is 0.850 bits per heavy atom. The summed E-state index contributed by atoms with van der Waals surface area (Å²) in [6.45, 7) is 0. The Kier molecular flexibility index (Phi) is 3.34. The van der Waals surface area contributed by atoms with E-state index < -0.39 is 45.4 Å². The van der Waals surface area contributed by atoms with Gasteiger partial charge in [-0.3, -0.25) is 0 Å². The average molecular weight is 348 g/mol. The van der Waals surface area contributed by atoms with Crippen LogP contribution in [0.15, 0.2) is 0 Å². The molecule has 14 heteroatoms. The summed E-state index contributed by atoms with van der Waals surface area (Å²) >= 11 is -6.04. The highest BCUT2D eigenvalue weighted by atomic mass is 32.2. The highest BCUT2D eigenvalue weighted by Crippen LogP contribution is 2.66. The lowest BCUT2D eigenvalue weighted by atomic mass is 9.99. The quantitative estimate of drug-likeness (QED) is 0.486. The summed E-state index contributed by atoms with van der Waals surface area (Å²) in [6, 6.07) is 0. The van der Waals surface area contributed by atoms with Crippen LogP contribution in [0.3, 0.4) is 0 Å². The molecule has 0 saturated carbocycles. The first-order chi connectivity index (χ1) is 8.40. The van der Waals surface area contributed by atoms with E-state index in [0.29, 0.717) is 0 Å². The van der Waals surface area contributed by atoms with Crippen LogP contribution in [-0.4, -0.2) is 38.8 Å². The largest absolute Gasteiger partial charge is 0.607 e. The van der Waals surface area contributed by atoms with Crippen LogP contribution in [0.25, 0.3) is 0 Å². The molecule has 1 saturated heterocycles. The third kappa shape index (κ3) is 1.49. The maximum absolute atomic E-state index is 12.6. The van der Waals surface area contributed by atoms with Crippen LogP contribution >= 0.6 is 0 Å². The van der Waals surface area contributed by atoms with Crippen LogP contribution in [0.4, 0.5) is 52.7 Å². The van der Waals surface area contributed by atoms with E-state index >= 15 is 0 Å². The Morgan fingerprint density at radius 2 is 0.650 bits per heavy atom. The Hall–Kier alpha value is -0.530. The van der Waals surface area contributed by atoms with Crippen LogP contribution in [0.1, 0.15) is 0 Å². The fourth-order valence-corrected chi connectivity index (χ4v) is 2.20. The molecule has 1 aliphatic rings. The van der Waals surface area contributed by atoms with Gasteiger partial charge in [0.25, 0.3) is 0 Å². The fourth-order valence-electron chi connectivity index (χ4n) is 1.15. The van der Waals surface area contributed by atoms with Gasteiger partial charge in [-0.1, -0.05) is 0 Å². The zero-order chi connectivity index (χ0) is 16.6. The summed E-state index contributed by atoms with van der Waals surface area (Å²) in [7, 11) is 0. The van der Waals surface area contributed by atoms with Gasteiger partial charge in [-0.15, -0.1) is 17.6 Å². The van der Waals surface area contributed by atoms with Gasteiger partial charge in [-0.2, -0.15) is 35.1 Å². The molecule has 1 rings (SSSR count). The molecule has 0 aliphatic carbocycles. The van der Waals surface area contributed by atoms with Crippen molar-refractivity contribution in [1.82, 2.24) is 0 Å². The Balaban J connectivity index is 3.83. The third-order valence-corrected chi connectivity index (χ3v) is 3.82. The summed E-state index contributed by atoms with van der Waals surface area (Å²) in [4.78, 5) is 0. The SMILES string of the molecule is [O-][S+]1C(F)(F)C(F)(F)C(F)(F)C(F)(F)C(F)(F)C1(F)F. The van der Waals surface area contributed by atoms with Gasteiger partial charge in [0.05, 0.1) is 0 Å². The molecule has 1 fully saturated rings. The van der Waals surface area contributed by atoms with Crippen molar-refractivity contribution in [3.8, 4) is 0 Å². The molecule has 0 aromatic carbocycles. The first-order valence-electron chi connectivity index (χ1n) is 4.09. The van der Waals surface area contributed by atoms with Gasteiger partial charge in [0, 0.05) is 0 Å². The highest BCUT2D eigenvalue weighted by Gasteiger charge is 3.00. The predicted molar refractivity (Wildman–Crippen MR) is 37.8 cm³/mol. The van der Waals surface area contributed by atoms with Crippen LogP contribution in [-0.2, 0) is 11.2 Å². The maximum Gasteiger partial charge on any atom is 0.483 e. The molecular formula is C6F12OS. The zero-order valence-electron chi connectivity index (χ0n) is 8.35. The van der Waals surface area contributed by atoms with Crippen molar-refractivity contribution >= 4 is 11.2 Å². The Labute approximate surface area is 104 Å². The molecule has 1 nitrogen and oxygen atoms in total. The van der Waals surface area contributed by atoms with Gasteiger partial charge >= 0.3 is 34.2 Å². The summed E-state index contributed by atoms with van der Waals surface area (Å²) in [5.74, 6) is -30.0. The lowest BCUT2D eigenvalue weighted by molar-refractivity contribution is -0.397. The van der Waals surface area contributed by atoms with Gasteiger partial charge in [-0.25, -0.2) is 0 Å². The van der Waals surface area contributed by atoms with Crippen molar-refractivity contribution in [2.24, 2.45) is 0 Å². The van der Waals surface area contributed by atoms with Gasteiger partial charge in [-0.05, 0) is 0 Å². The molecule has 1 heterocycles. The van der Waals surface area contributed by atoms with E-state index in [2.05, 4.69) is 0 Å². The van der Waals surface area contributed by atoms with Crippen LogP contribution < -0.4 is 0 Å². The molecule has 0 spiro atoms. The van der Waals surface area contributed by atoms with E-state index in [0.717, 1.165) is 0 Å². The van der Waals surface area contributed by atoms with E-state index in [1.54, 1.807) is 0 Å². The lowest BCUT2D eigenvalue weighted by Gasteiger charge is -2.32. The lowest BCUT2D eigenvalue weighted by Crippen LogP contribution is -2.66. The second-order valence-electron chi connectivity index (χ2n) is 3.60. The Morgan fingerprint density at radius 1 is 0.450 bits per heavy atom. The van der Waals surface area contributed by atoms with Crippen molar-refractivity contribution in [3.05, 3.63) is 0 Å². The minimum absolute atomic E-state index is 6.04. The van der Waals surface area contributed by atoms with E-state index in [1.807, 2.05) is 0 Å².